The number of halogens is 2. The average molecular weight is 245 g/mol. The molecule has 1 rings (SSSR count). The number of ether oxygens (including phenoxy) is 1. The van der Waals surface area contributed by atoms with E-state index in [1.165, 1.54) is 13.2 Å². The van der Waals surface area contributed by atoms with E-state index >= 15 is 0 Å². The maximum absolute atomic E-state index is 13.4. The van der Waals surface area contributed by atoms with Crippen LogP contribution in [0.15, 0.2) is 24.5 Å². The van der Waals surface area contributed by atoms with Crippen molar-refractivity contribution < 1.29 is 9.13 Å². The minimum Gasteiger partial charge on any atom is -0.492 e. The fourth-order valence-electron chi connectivity index (χ4n) is 1.23. The highest BCUT2D eigenvalue weighted by Crippen LogP contribution is 2.28. The highest BCUT2D eigenvalue weighted by Gasteiger charge is 2.09. The second-order valence-electron chi connectivity index (χ2n) is 3.10. The van der Waals surface area contributed by atoms with Gasteiger partial charge in [-0.1, -0.05) is 11.6 Å². The van der Waals surface area contributed by atoms with Gasteiger partial charge in [0.15, 0.2) is 11.6 Å². The SMILES string of the molecule is CN/C=C\NCc1cc(F)c(OC)c(Cl)c1. The van der Waals surface area contributed by atoms with Crippen LogP contribution < -0.4 is 15.4 Å². The van der Waals surface area contributed by atoms with Crippen molar-refractivity contribution in [2.24, 2.45) is 0 Å². The standard InChI is InChI=1S/C11H14ClFN2O/c1-14-3-4-15-7-8-5-9(12)11(16-2)10(13)6-8/h3-6,14-15H,7H2,1-2H3/b4-3-. The van der Waals surface area contributed by atoms with Crippen LogP contribution >= 0.6 is 11.6 Å². The molecular formula is C11H14ClFN2O. The highest BCUT2D eigenvalue weighted by atomic mass is 35.5. The number of hydrogen-bond acceptors (Lipinski definition) is 3. The van der Waals surface area contributed by atoms with Gasteiger partial charge in [-0.3, -0.25) is 0 Å². The first-order valence-corrected chi connectivity index (χ1v) is 5.14. The van der Waals surface area contributed by atoms with Gasteiger partial charge < -0.3 is 15.4 Å². The minimum absolute atomic E-state index is 0.0798. The van der Waals surface area contributed by atoms with Gasteiger partial charge in [-0.25, -0.2) is 4.39 Å². The van der Waals surface area contributed by atoms with E-state index < -0.39 is 5.82 Å². The van der Waals surface area contributed by atoms with E-state index in [-0.39, 0.29) is 10.8 Å². The van der Waals surface area contributed by atoms with Crippen LogP contribution in [0.25, 0.3) is 0 Å². The van der Waals surface area contributed by atoms with Crippen LogP contribution in [0, 0.1) is 5.82 Å². The second kappa shape index (κ2) is 6.23. The summed E-state index contributed by atoms with van der Waals surface area (Å²) in [5.41, 5.74) is 0.754. The Morgan fingerprint density at radius 1 is 1.44 bits per heavy atom. The Hall–Kier alpha value is -1.42. The maximum Gasteiger partial charge on any atom is 0.173 e. The maximum atomic E-state index is 13.4. The molecule has 0 unspecified atom stereocenters. The lowest BCUT2D eigenvalue weighted by atomic mass is 10.2. The summed E-state index contributed by atoms with van der Waals surface area (Å²) in [6, 6.07) is 3.06. The zero-order valence-corrected chi connectivity index (χ0v) is 9.94. The van der Waals surface area contributed by atoms with Gasteiger partial charge >= 0.3 is 0 Å². The van der Waals surface area contributed by atoms with Gasteiger partial charge in [0, 0.05) is 26.0 Å². The van der Waals surface area contributed by atoms with Crippen LogP contribution in [0.1, 0.15) is 5.56 Å². The molecular weight excluding hydrogens is 231 g/mol. The van der Waals surface area contributed by atoms with E-state index in [4.69, 9.17) is 16.3 Å². The molecule has 0 aromatic heterocycles. The summed E-state index contributed by atoms with van der Waals surface area (Å²) in [6.45, 7) is 0.499. The lowest BCUT2D eigenvalue weighted by Crippen LogP contribution is -2.07. The molecule has 0 heterocycles. The Labute approximate surface area is 99.2 Å². The monoisotopic (exact) mass is 244 g/mol. The molecule has 0 saturated carbocycles. The van der Waals surface area contributed by atoms with Crippen molar-refractivity contribution in [1.29, 1.82) is 0 Å². The molecule has 0 spiro atoms. The van der Waals surface area contributed by atoms with Crippen LogP contribution in [0.5, 0.6) is 5.75 Å². The smallest absolute Gasteiger partial charge is 0.173 e. The van der Waals surface area contributed by atoms with Gasteiger partial charge in [-0.05, 0) is 17.7 Å². The van der Waals surface area contributed by atoms with E-state index in [0.29, 0.717) is 6.54 Å². The summed E-state index contributed by atoms with van der Waals surface area (Å²) in [5.74, 6) is -0.374. The lowest BCUT2D eigenvalue weighted by molar-refractivity contribution is 0.386. The van der Waals surface area contributed by atoms with E-state index in [2.05, 4.69) is 10.6 Å². The molecule has 2 N–H and O–H groups in total. The molecule has 0 amide bonds. The van der Waals surface area contributed by atoms with Crippen molar-refractivity contribution in [1.82, 2.24) is 10.6 Å². The van der Waals surface area contributed by atoms with Gasteiger partial charge in [0.1, 0.15) is 0 Å². The van der Waals surface area contributed by atoms with Crippen molar-refractivity contribution in [3.63, 3.8) is 0 Å². The largest absolute Gasteiger partial charge is 0.492 e. The van der Waals surface area contributed by atoms with Gasteiger partial charge in [0.05, 0.1) is 12.1 Å². The number of benzene rings is 1. The number of hydrogen-bond donors (Lipinski definition) is 2. The summed E-state index contributed by atoms with van der Waals surface area (Å²) >= 11 is 5.85. The Kier molecular flexibility index (Phi) is 4.92. The summed E-state index contributed by atoms with van der Waals surface area (Å²) in [5, 5.41) is 6.09. The van der Waals surface area contributed by atoms with Crippen molar-refractivity contribution >= 4 is 11.6 Å². The summed E-state index contributed by atoms with van der Waals surface area (Å²) in [4.78, 5) is 0. The normalized spacial score (nSPS) is 10.5. The van der Waals surface area contributed by atoms with E-state index in [0.717, 1.165) is 5.56 Å². The molecule has 5 heteroatoms. The summed E-state index contributed by atoms with van der Waals surface area (Å²) in [7, 11) is 3.18. The first-order chi connectivity index (χ1) is 7.69. The lowest BCUT2D eigenvalue weighted by Gasteiger charge is -2.07. The molecule has 0 aliphatic rings. The van der Waals surface area contributed by atoms with Crippen LogP contribution in [-0.2, 0) is 6.54 Å². The Bertz CT molecular complexity index is 359. The third-order valence-electron chi connectivity index (χ3n) is 1.94. The van der Waals surface area contributed by atoms with E-state index in [9.17, 15) is 4.39 Å². The van der Waals surface area contributed by atoms with Crippen LogP contribution in [0.2, 0.25) is 5.02 Å². The van der Waals surface area contributed by atoms with Gasteiger partial charge in [-0.15, -0.1) is 0 Å². The number of rotatable bonds is 5. The van der Waals surface area contributed by atoms with Crippen molar-refractivity contribution in [2.75, 3.05) is 14.2 Å². The average Bonchev–Trinajstić information content (AvgIpc) is 2.24. The number of methoxy groups -OCH3 is 1. The summed E-state index contributed by atoms with van der Waals surface area (Å²) in [6.07, 6.45) is 3.47. The molecule has 0 aliphatic heterocycles. The van der Waals surface area contributed by atoms with Crippen LogP contribution in [0.4, 0.5) is 4.39 Å². The Morgan fingerprint density at radius 3 is 2.75 bits per heavy atom. The zero-order chi connectivity index (χ0) is 12.0. The Balaban J connectivity index is 2.72. The molecule has 0 atom stereocenters. The molecule has 1 aromatic carbocycles. The molecule has 3 nitrogen and oxygen atoms in total. The molecule has 0 radical (unpaired) electrons. The van der Waals surface area contributed by atoms with E-state index in [1.54, 1.807) is 25.5 Å². The third kappa shape index (κ3) is 3.31. The molecule has 1 aromatic rings. The Morgan fingerprint density at radius 2 is 2.19 bits per heavy atom. The van der Waals surface area contributed by atoms with E-state index in [1.807, 2.05) is 0 Å². The molecule has 0 fully saturated rings. The summed E-state index contributed by atoms with van der Waals surface area (Å²) < 4.78 is 18.2. The van der Waals surface area contributed by atoms with Crippen LogP contribution in [0.3, 0.4) is 0 Å². The first kappa shape index (κ1) is 12.6. The van der Waals surface area contributed by atoms with Crippen molar-refractivity contribution in [3.8, 4) is 5.75 Å². The topological polar surface area (TPSA) is 33.3 Å². The third-order valence-corrected chi connectivity index (χ3v) is 2.22. The molecule has 0 saturated heterocycles. The number of nitrogens with one attached hydrogen (secondary N) is 2. The molecule has 88 valence electrons. The minimum atomic E-state index is -0.454. The second-order valence-corrected chi connectivity index (χ2v) is 3.50. The molecule has 16 heavy (non-hydrogen) atoms. The molecule has 0 aliphatic carbocycles. The predicted molar refractivity (Wildman–Crippen MR) is 63.0 cm³/mol. The van der Waals surface area contributed by atoms with Gasteiger partial charge in [0.25, 0.3) is 0 Å². The fourth-order valence-corrected chi connectivity index (χ4v) is 1.54. The van der Waals surface area contributed by atoms with Crippen LogP contribution in [-0.4, -0.2) is 14.2 Å². The zero-order valence-electron chi connectivity index (χ0n) is 9.18. The van der Waals surface area contributed by atoms with Crippen molar-refractivity contribution in [2.45, 2.75) is 6.54 Å². The van der Waals surface area contributed by atoms with Gasteiger partial charge in [0.2, 0.25) is 0 Å². The fraction of sp³-hybridized carbons (Fsp3) is 0.273. The predicted octanol–water partition coefficient (Wildman–Crippen LogP) is 2.27. The highest BCUT2D eigenvalue weighted by molar-refractivity contribution is 6.32. The van der Waals surface area contributed by atoms with Crippen molar-refractivity contribution in [3.05, 3.63) is 40.9 Å². The van der Waals surface area contributed by atoms with Gasteiger partial charge in [-0.2, -0.15) is 0 Å². The molecule has 0 bridgehead atoms. The quantitative estimate of drug-likeness (QED) is 0.834. The first-order valence-electron chi connectivity index (χ1n) is 4.76.